The lowest BCUT2D eigenvalue weighted by Gasteiger charge is -2.28. The second kappa shape index (κ2) is 6.51. The summed E-state index contributed by atoms with van der Waals surface area (Å²) < 4.78 is 19.9. The van der Waals surface area contributed by atoms with Crippen LogP contribution in [-0.4, -0.2) is 29.2 Å². The summed E-state index contributed by atoms with van der Waals surface area (Å²) in [7, 11) is 0. The molecule has 0 saturated carbocycles. The van der Waals surface area contributed by atoms with E-state index >= 15 is 0 Å². The van der Waals surface area contributed by atoms with E-state index in [1.807, 2.05) is 52.0 Å². The van der Waals surface area contributed by atoms with E-state index in [9.17, 15) is 9.18 Å². The highest BCUT2D eigenvalue weighted by Gasteiger charge is 2.34. The third-order valence-electron chi connectivity index (χ3n) is 3.58. The Hall–Kier alpha value is -1.84. The fourth-order valence-corrected chi connectivity index (χ4v) is 2.51. The molecule has 2 rings (SSSR count). The molecule has 1 saturated heterocycles. The molecule has 1 aliphatic rings. The molecule has 120 valence electrons. The number of halogens is 1. The summed E-state index contributed by atoms with van der Waals surface area (Å²) in [4.78, 5) is 13.7. The van der Waals surface area contributed by atoms with Crippen LogP contribution >= 0.6 is 0 Å². The van der Waals surface area contributed by atoms with Gasteiger partial charge in [-0.25, -0.2) is 9.18 Å². The van der Waals surface area contributed by atoms with Crippen LogP contribution < -0.4 is 0 Å². The third-order valence-corrected chi connectivity index (χ3v) is 3.58. The van der Waals surface area contributed by atoms with Crippen molar-refractivity contribution in [2.24, 2.45) is 0 Å². The lowest BCUT2D eigenvalue weighted by atomic mass is 10.1. The van der Waals surface area contributed by atoms with Crippen molar-refractivity contribution in [3.05, 3.63) is 41.2 Å². The second-order valence-corrected chi connectivity index (χ2v) is 6.77. The molecule has 0 bridgehead atoms. The third kappa shape index (κ3) is 4.33. The normalized spacial score (nSPS) is 19.4. The highest BCUT2D eigenvalue weighted by Crippen LogP contribution is 2.28. The maximum Gasteiger partial charge on any atom is 0.410 e. The molecule has 1 aliphatic heterocycles. The molecule has 1 aromatic rings. The largest absolute Gasteiger partial charge is 0.444 e. The van der Waals surface area contributed by atoms with Crippen LogP contribution in [-0.2, 0) is 4.74 Å². The molecule has 0 spiro atoms. The van der Waals surface area contributed by atoms with Crippen molar-refractivity contribution in [1.82, 2.24) is 4.90 Å². The van der Waals surface area contributed by atoms with Crippen LogP contribution in [0.2, 0.25) is 0 Å². The van der Waals surface area contributed by atoms with Crippen LogP contribution in [0.4, 0.5) is 9.18 Å². The number of aryl methyl sites for hydroxylation is 1. The topological polar surface area (TPSA) is 29.5 Å². The Labute approximate surface area is 131 Å². The Morgan fingerprint density at radius 1 is 1.32 bits per heavy atom. The molecular formula is C18H24FNO2. The van der Waals surface area contributed by atoms with Crippen molar-refractivity contribution >= 4 is 12.2 Å². The van der Waals surface area contributed by atoms with E-state index in [0.717, 1.165) is 17.5 Å². The highest BCUT2D eigenvalue weighted by atomic mass is 19.1. The monoisotopic (exact) mass is 305 g/mol. The van der Waals surface area contributed by atoms with Gasteiger partial charge >= 0.3 is 6.09 Å². The molecule has 4 heteroatoms. The van der Waals surface area contributed by atoms with Gasteiger partial charge in [0.15, 0.2) is 0 Å². The molecule has 1 amide bonds. The van der Waals surface area contributed by atoms with Gasteiger partial charge in [-0.3, -0.25) is 4.90 Å². The zero-order valence-corrected chi connectivity index (χ0v) is 13.7. The van der Waals surface area contributed by atoms with Crippen LogP contribution in [0.1, 0.15) is 44.7 Å². The van der Waals surface area contributed by atoms with Gasteiger partial charge in [0, 0.05) is 6.54 Å². The second-order valence-electron chi connectivity index (χ2n) is 6.77. The van der Waals surface area contributed by atoms with Crippen LogP contribution in [0.15, 0.2) is 30.1 Å². The van der Waals surface area contributed by atoms with Crippen LogP contribution in [0.25, 0.3) is 6.08 Å². The Kier molecular flexibility index (Phi) is 4.89. The number of rotatable bonds is 2. The minimum Gasteiger partial charge on any atom is -0.444 e. The number of hydrogen-bond acceptors (Lipinski definition) is 2. The van der Waals surface area contributed by atoms with Crippen molar-refractivity contribution in [3.8, 4) is 0 Å². The summed E-state index contributed by atoms with van der Waals surface area (Å²) >= 11 is 0. The minimum atomic E-state index is -0.568. The van der Waals surface area contributed by atoms with Crippen molar-refractivity contribution in [3.63, 3.8) is 0 Å². The van der Waals surface area contributed by atoms with Gasteiger partial charge in [0.2, 0.25) is 0 Å². The summed E-state index contributed by atoms with van der Waals surface area (Å²) in [6.07, 6.45) is 2.49. The number of amides is 1. The Balaban J connectivity index is 2.12. The standard InChI is InChI=1S/C18H24FNO2/c1-13-7-9-14(10-8-13)12-15(19)16-6-5-11-20(16)17(21)22-18(2,3)4/h7-10,12,16H,5-6,11H2,1-4H3. The Morgan fingerprint density at radius 2 is 1.95 bits per heavy atom. The zero-order valence-electron chi connectivity index (χ0n) is 13.7. The molecule has 1 aromatic carbocycles. The fourth-order valence-electron chi connectivity index (χ4n) is 2.51. The molecular weight excluding hydrogens is 281 g/mol. The number of benzene rings is 1. The number of carbonyl (C=O) groups is 1. The first-order valence-corrected chi connectivity index (χ1v) is 7.70. The smallest absolute Gasteiger partial charge is 0.410 e. The molecule has 1 unspecified atom stereocenters. The van der Waals surface area contributed by atoms with Gasteiger partial charge in [0.05, 0.1) is 6.04 Å². The van der Waals surface area contributed by atoms with E-state index in [1.165, 1.54) is 11.0 Å². The summed E-state index contributed by atoms with van der Waals surface area (Å²) in [5.74, 6) is -0.285. The van der Waals surface area contributed by atoms with E-state index in [0.29, 0.717) is 13.0 Å². The van der Waals surface area contributed by atoms with Crippen molar-refractivity contribution < 1.29 is 13.9 Å². The molecule has 1 heterocycles. The van der Waals surface area contributed by atoms with Gasteiger partial charge in [-0.15, -0.1) is 0 Å². The molecule has 1 atom stereocenters. The molecule has 22 heavy (non-hydrogen) atoms. The first kappa shape index (κ1) is 16.5. The van der Waals surface area contributed by atoms with Gasteiger partial charge in [-0.05, 0) is 52.2 Å². The van der Waals surface area contributed by atoms with E-state index in [4.69, 9.17) is 4.74 Å². The number of likely N-dealkylation sites (tertiary alicyclic amines) is 1. The van der Waals surface area contributed by atoms with Gasteiger partial charge in [0.1, 0.15) is 11.4 Å². The lowest BCUT2D eigenvalue weighted by Crippen LogP contribution is -2.40. The van der Waals surface area contributed by atoms with Crippen molar-refractivity contribution in [2.45, 2.75) is 52.2 Å². The van der Waals surface area contributed by atoms with Gasteiger partial charge < -0.3 is 4.74 Å². The van der Waals surface area contributed by atoms with E-state index in [1.54, 1.807) is 0 Å². The summed E-state index contributed by atoms with van der Waals surface area (Å²) in [5, 5.41) is 0. The first-order valence-electron chi connectivity index (χ1n) is 7.70. The molecule has 1 fully saturated rings. The Morgan fingerprint density at radius 3 is 2.55 bits per heavy atom. The number of ether oxygens (including phenoxy) is 1. The minimum absolute atomic E-state index is 0.285. The maximum atomic E-state index is 14.5. The SMILES string of the molecule is Cc1ccc(C=C(F)C2CCCN2C(=O)OC(C)(C)C)cc1. The van der Waals surface area contributed by atoms with Crippen LogP contribution in [0.5, 0.6) is 0 Å². The molecule has 0 N–H and O–H groups in total. The molecule has 0 aromatic heterocycles. The highest BCUT2D eigenvalue weighted by molar-refractivity contribution is 5.70. The van der Waals surface area contributed by atoms with E-state index in [2.05, 4.69) is 0 Å². The quantitative estimate of drug-likeness (QED) is 0.792. The number of nitrogens with zero attached hydrogens (tertiary/aromatic N) is 1. The maximum absolute atomic E-state index is 14.5. The van der Waals surface area contributed by atoms with Crippen LogP contribution in [0, 0.1) is 6.92 Å². The predicted molar refractivity (Wildman–Crippen MR) is 86.2 cm³/mol. The van der Waals surface area contributed by atoms with Gasteiger partial charge in [-0.2, -0.15) is 0 Å². The number of hydrogen-bond donors (Lipinski definition) is 0. The molecule has 0 aliphatic carbocycles. The van der Waals surface area contributed by atoms with Gasteiger partial charge in [-0.1, -0.05) is 29.8 Å². The fraction of sp³-hybridized carbons (Fsp3) is 0.500. The summed E-state index contributed by atoms with van der Waals surface area (Å²) in [6, 6.07) is 7.12. The van der Waals surface area contributed by atoms with Crippen molar-refractivity contribution in [2.75, 3.05) is 6.54 Å². The van der Waals surface area contributed by atoms with Crippen LogP contribution in [0.3, 0.4) is 0 Å². The molecule has 3 nitrogen and oxygen atoms in total. The number of carbonyl (C=O) groups excluding carboxylic acids is 1. The lowest BCUT2D eigenvalue weighted by molar-refractivity contribution is 0.0237. The molecule has 0 radical (unpaired) electrons. The first-order chi connectivity index (χ1) is 10.3. The summed E-state index contributed by atoms with van der Waals surface area (Å²) in [5.41, 5.74) is 1.37. The van der Waals surface area contributed by atoms with Crippen molar-refractivity contribution in [1.29, 1.82) is 0 Å². The Bertz CT molecular complexity index is 557. The van der Waals surface area contributed by atoms with E-state index < -0.39 is 17.7 Å². The summed E-state index contributed by atoms with van der Waals surface area (Å²) in [6.45, 7) is 7.97. The van der Waals surface area contributed by atoms with E-state index in [-0.39, 0.29) is 5.83 Å². The van der Waals surface area contributed by atoms with Gasteiger partial charge in [0.25, 0.3) is 0 Å². The average molecular weight is 305 g/mol. The zero-order chi connectivity index (χ0) is 16.3. The predicted octanol–water partition coefficient (Wildman–Crippen LogP) is 4.70. The average Bonchev–Trinajstić information content (AvgIpc) is 2.89.